The molecule has 142 valence electrons. The van der Waals surface area contributed by atoms with Gasteiger partial charge in [0.05, 0.1) is 21.1 Å². The van der Waals surface area contributed by atoms with Crippen molar-refractivity contribution >= 4 is 32.8 Å². The Morgan fingerprint density at radius 2 is 1.75 bits per heavy atom. The third-order valence-electron chi connectivity index (χ3n) is 4.44. The van der Waals surface area contributed by atoms with Crippen molar-refractivity contribution < 1.29 is 13.3 Å². The highest BCUT2D eigenvalue weighted by molar-refractivity contribution is 7.89. The lowest BCUT2D eigenvalue weighted by Gasteiger charge is -2.22. The molecular weight excluding hydrogens is 398 g/mol. The number of nitrogens with zero attached hydrogens (tertiary/aromatic N) is 3. The third-order valence-corrected chi connectivity index (χ3v) is 7.11. The van der Waals surface area contributed by atoms with Gasteiger partial charge in [0.2, 0.25) is 0 Å². The summed E-state index contributed by atoms with van der Waals surface area (Å²) >= 11 is 1.43. The number of hydrazone groups is 1. The van der Waals surface area contributed by atoms with Crippen LogP contribution in [0.3, 0.4) is 0 Å². The second-order valence-corrected chi connectivity index (χ2v) is 8.92. The predicted molar refractivity (Wildman–Crippen MR) is 107 cm³/mol. The first-order valence-electron chi connectivity index (χ1n) is 8.42. The summed E-state index contributed by atoms with van der Waals surface area (Å²) in [6.07, 6.45) is 0.261. The normalized spacial score (nSPS) is 16.8. The highest BCUT2D eigenvalue weighted by atomic mass is 32.2. The molecule has 0 saturated carbocycles. The Balaban J connectivity index is 1.84. The fourth-order valence-corrected chi connectivity index (χ4v) is 5.47. The molecule has 28 heavy (non-hydrogen) atoms. The van der Waals surface area contributed by atoms with E-state index in [0.29, 0.717) is 11.3 Å². The molecule has 7 nitrogen and oxygen atoms in total. The molecular formula is C19H15N3O4S2. The van der Waals surface area contributed by atoms with Crippen molar-refractivity contribution in [3.63, 3.8) is 0 Å². The van der Waals surface area contributed by atoms with Gasteiger partial charge in [-0.05, 0) is 29.6 Å². The Kier molecular flexibility index (Phi) is 4.70. The van der Waals surface area contributed by atoms with Gasteiger partial charge in [0.15, 0.2) is 0 Å². The maximum Gasteiger partial charge on any atom is 0.279 e. The lowest BCUT2D eigenvalue weighted by molar-refractivity contribution is -0.385. The van der Waals surface area contributed by atoms with Crippen LogP contribution in [-0.2, 0) is 10.0 Å². The van der Waals surface area contributed by atoms with E-state index in [0.717, 1.165) is 9.29 Å². The zero-order valence-corrected chi connectivity index (χ0v) is 16.1. The zero-order chi connectivity index (χ0) is 19.7. The highest BCUT2D eigenvalue weighted by Crippen LogP contribution is 2.39. The second kappa shape index (κ2) is 7.17. The summed E-state index contributed by atoms with van der Waals surface area (Å²) in [5.41, 5.74) is 0.621. The topological polar surface area (TPSA) is 92.9 Å². The summed E-state index contributed by atoms with van der Waals surface area (Å²) in [6.45, 7) is 0. The van der Waals surface area contributed by atoms with E-state index in [1.807, 2.05) is 17.5 Å². The predicted octanol–water partition coefficient (Wildman–Crippen LogP) is 4.20. The van der Waals surface area contributed by atoms with Crippen molar-refractivity contribution in [3.05, 3.63) is 92.7 Å². The van der Waals surface area contributed by atoms with Crippen LogP contribution in [0.2, 0.25) is 0 Å². The molecule has 0 aliphatic carbocycles. The van der Waals surface area contributed by atoms with E-state index in [1.54, 1.807) is 36.4 Å². The number of hydrogen-bond acceptors (Lipinski definition) is 6. The van der Waals surface area contributed by atoms with Crippen molar-refractivity contribution in [1.29, 1.82) is 0 Å². The summed E-state index contributed by atoms with van der Waals surface area (Å²) in [6, 6.07) is 17.5. The minimum atomic E-state index is -3.91. The summed E-state index contributed by atoms with van der Waals surface area (Å²) in [7, 11) is -3.91. The minimum Gasteiger partial charge on any atom is -0.258 e. The van der Waals surface area contributed by atoms with E-state index >= 15 is 0 Å². The number of nitro benzene ring substituents is 1. The van der Waals surface area contributed by atoms with Gasteiger partial charge in [-0.2, -0.15) is 17.9 Å². The molecule has 0 radical (unpaired) electrons. The first kappa shape index (κ1) is 18.3. The van der Waals surface area contributed by atoms with Gasteiger partial charge < -0.3 is 0 Å². The van der Waals surface area contributed by atoms with Gasteiger partial charge in [0.1, 0.15) is 6.04 Å². The molecule has 1 aliphatic rings. The fraction of sp³-hybridized carbons (Fsp3) is 0.105. The van der Waals surface area contributed by atoms with Gasteiger partial charge in [-0.3, -0.25) is 10.1 Å². The summed E-state index contributed by atoms with van der Waals surface area (Å²) in [5, 5.41) is 17.6. The number of sulfonamides is 1. The smallest absolute Gasteiger partial charge is 0.258 e. The first-order chi connectivity index (χ1) is 13.5. The van der Waals surface area contributed by atoms with Crippen molar-refractivity contribution in [3.8, 4) is 0 Å². The van der Waals surface area contributed by atoms with Crippen molar-refractivity contribution in [2.24, 2.45) is 5.10 Å². The maximum atomic E-state index is 13.2. The molecule has 0 N–H and O–H groups in total. The molecule has 2 heterocycles. The quantitative estimate of drug-likeness (QED) is 0.463. The van der Waals surface area contributed by atoms with Gasteiger partial charge in [-0.15, -0.1) is 11.3 Å². The summed E-state index contributed by atoms with van der Waals surface area (Å²) in [5.74, 6) is 0. The first-order valence-corrected chi connectivity index (χ1v) is 10.7. The summed E-state index contributed by atoms with van der Waals surface area (Å²) in [4.78, 5) is 11.9. The van der Waals surface area contributed by atoms with Crippen LogP contribution in [0.5, 0.6) is 0 Å². The van der Waals surface area contributed by atoms with Gasteiger partial charge in [0, 0.05) is 17.4 Å². The van der Waals surface area contributed by atoms with Gasteiger partial charge >= 0.3 is 0 Å². The van der Waals surface area contributed by atoms with Gasteiger partial charge in [-0.1, -0.05) is 36.4 Å². The number of benzene rings is 2. The standard InChI is InChI=1S/C19H15N3O4S2/c23-22(24)17-10-5-4-9-15(17)16-13-18(19-11-6-12-27-19)21(20-16)28(25,26)14-7-2-1-3-8-14/h1-12,18H,13H2/t18-/m1/s1. The van der Waals surface area contributed by atoms with E-state index in [1.165, 1.54) is 29.5 Å². The molecule has 2 aromatic carbocycles. The molecule has 4 rings (SSSR count). The van der Waals surface area contributed by atoms with Crippen molar-refractivity contribution in [2.45, 2.75) is 17.4 Å². The molecule has 9 heteroatoms. The second-order valence-electron chi connectivity index (χ2n) is 6.15. The number of thiophene rings is 1. The average Bonchev–Trinajstić information content (AvgIpc) is 3.38. The van der Waals surface area contributed by atoms with Crippen LogP contribution in [0, 0.1) is 10.1 Å². The Morgan fingerprint density at radius 1 is 1.04 bits per heavy atom. The highest BCUT2D eigenvalue weighted by Gasteiger charge is 2.39. The maximum absolute atomic E-state index is 13.2. The van der Waals surface area contributed by atoms with Gasteiger partial charge in [0.25, 0.3) is 15.7 Å². The lowest BCUT2D eigenvalue weighted by atomic mass is 10.0. The minimum absolute atomic E-state index is 0.0925. The van der Waals surface area contributed by atoms with Crippen LogP contribution in [0.4, 0.5) is 5.69 Å². The Hall–Kier alpha value is -3.04. The lowest BCUT2D eigenvalue weighted by Crippen LogP contribution is -2.26. The van der Waals surface area contributed by atoms with E-state index in [2.05, 4.69) is 5.10 Å². The third kappa shape index (κ3) is 3.19. The molecule has 1 aromatic heterocycles. The van der Waals surface area contributed by atoms with Crippen LogP contribution >= 0.6 is 11.3 Å². The molecule has 0 saturated heterocycles. The zero-order valence-electron chi connectivity index (χ0n) is 14.5. The molecule has 0 fully saturated rings. The molecule has 0 bridgehead atoms. The monoisotopic (exact) mass is 413 g/mol. The van der Waals surface area contributed by atoms with Crippen LogP contribution in [-0.4, -0.2) is 23.5 Å². The van der Waals surface area contributed by atoms with E-state index < -0.39 is 21.0 Å². The van der Waals surface area contributed by atoms with Crippen molar-refractivity contribution in [2.75, 3.05) is 0 Å². The molecule has 0 amide bonds. The van der Waals surface area contributed by atoms with Crippen molar-refractivity contribution in [1.82, 2.24) is 4.41 Å². The number of hydrogen-bond donors (Lipinski definition) is 0. The average molecular weight is 413 g/mol. The van der Waals surface area contributed by atoms with E-state index in [4.69, 9.17) is 0 Å². The largest absolute Gasteiger partial charge is 0.279 e. The van der Waals surface area contributed by atoms with Crippen LogP contribution in [0.15, 0.2) is 82.1 Å². The van der Waals surface area contributed by atoms with Crippen LogP contribution in [0.1, 0.15) is 22.9 Å². The van der Waals surface area contributed by atoms with Gasteiger partial charge in [-0.25, -0.2) is 0 Å². The molecule has 3 aromatic rings. The molecule has 1 aliphatic heterocycles. The molecule has 0 spiro atoms. The Bertz CT molecular complexity index is 1140. The Labute approximate surface area is 165 Å². The van der Waals surface area contributed by atoms with Crippen LogP contribution in [0.25, 0.3) is 0 Å². The van der Waals surface area contributed by atoms with E-state index in [-0.39, 0.29) is 17.0 Å². The molecule has 1 atom stereocenters. The van der Waals surface area contributed by atoms with Crippen LogP contribution < -0.4 is 0 Å². The number of rotatable bonds is 5. The number of para-hydroxylation sites is 1. The SMILES string of the molecule is O=[N+]([O-])c1ccccc1C1=NN(S(=O)(=O)c2ccccc2)[C@@H](c2cccs2)C1. The molecule has 0 unspecified atom stereocenters. The summed E-state index contributed by atoms with van der Waals surface area (Å²) < 4.78 is 27.5. The van der Waals surface area contributed by atoms with E-state index in [9.17, 15) is 18.5 Å². The Morgan fingerprint density at radius 3 is 2.43 bits per heavy atom. The number of nitro groups is 1. The fourth-order valence-electron chi connectivity index (χ4n) is 3.14.